The molecule has 28 heavy (non-hydrogen) atoms. The maximum absolute atomic E-state index is 12.3. The van der Waals surface area contributed by atoms with Crippen molar-refractivity contribution >= 4 is 37.5 Å². The molecule has 2 rings (SSSR count). The van der Waals surface area contributed by atoms with Gasteiger partial charge in [-0.1, -0.05) is 22.9 Å². The molecule has 0 aliphatic heterocycles. The van der Waals surface area contributed by atoms with E-state index in [-0.39, 0.29) is 17.4 Å². The molecule has 0 radical (unpaired) electrons. The smallest absolute Gasteiger partial charge is 0.262 e. The number of hydrogen-bond donors (Lipinski definition) is 2. The van der Waals surface area contributed by atoms with Crippen molar-refractivity contribution in [1.29, 1.82) is 0 Å². The summed E-state index contributed by atoms with van der Waals surface area (Å²) in [7, 11) is -3.54. The van der Waals surface area contributed by atoms with Crippen LogP contribution in [0.4, 0.5) is 5.69 Å². The molecule has 0 aliphatic rings. The fraction of sp³-hybridized carbons (Fsp3) is 0.350. The third-order valence-corrected chi connectivity index (χ3v) is 6.04. The fourth-order valence-corrected chi connectivity index (χ4v) is 4.60. The van der Waals surface area contributed by atoms with E-state index in [0.717, 1.165) is 21.3 Å². The summed E-state index contributed by atoms with van der Waals surface area (Å²) in [5.41, 5.74) is 3.30. The third kappa shape index (κ3) is 5.80. The SMILES string of the molecule is CCCNS(=O)(=O)c1ccc(OCC(=O)Nc2c(C)cc(Br)cc2C)c(C)c1. The Kier molecular flexibility index (Phi) is 7.63. The molecule has 0 heterocycles. The van der Waals surface area contributed by atoms with Gasteiger partial charge in [0.15, 0.2) is 6.61 Å². The van der Waals surface area contributed by atoms with Crippen LogP contribution in [0.5, 0.6) is 5.75 Å². The minimum atomic E-state index is -3.54. The zero-order chi connectivity index (χ0) is 20.9. The average Bonchev–Trinajstić information content (AvgIpc) is 2.62. The van der Waals surface area contributed by atoms with E-state index in [1.165, 1.54) is 12.1 Å². The predicted octanol–water partition coefficient (Wildman–Crippen LogP) is 4.08. The van der Waals surface area contributed by atoms with Crippen molar-refractivity contribution in [1.82, 2.24) is 4.72 Å². The monoisotopic (exact) mass is 468 g/mol. The summed E-state index contributed by atoms with van der Waals surface area (Å²) in [6.07, 6.45) is 0.714. The van der Waals surface area contributed by atoms with Gasteiger partial charge >= 0.3 is 0 Å². The second kappa shape index (κ2) is 9.54. The molecule has 2 aromatic carbocycles. The highest BCUT2D eigenvalue weighted by Gasteiger charge is 2.15. The molecule has 1 amide bonds. The molecule has 8 heteroatoms. The number of carbonyl (C=O) groups excluding carboxylic acids is 1. The minimum absolute atomic E-state index is 0.171. The summed E-state index contributed by atoms with van der Waals surface area (Å²) in [6, 6.07) is 8.44. The number of anilines is 1. The van der Waals surface area contributed by atoms with Crippen molar-refractivity contribution in [2.45, 2.75) is 39.0 Å². The lowest BCUT2D eigenvalue weighted by atomic mass is 10.1. The lowest BCUT2D eigenvalue weighted by Gasteiger charge is -2.14. The molecule has 0 atom stereocenters. The first-order chi connectivity index (χ1) is 13.1. The number of benzene rings is 2. The van der Waals surface area contributed by atoms with Gasteiger partial charge in [0.25, 0.3) is 5.91 Å². The molecule has 0 aromatic heterocycles. The molecule has 2 aromatic rings. The van der Waals surface area contributed by atoms with Crippen LogP contribution in [0, 0.1) is 20.8 Å². The summed E-state index contributed by atoms with van der Waals surface area (Å²) >= 11 is 3.43. The number of rotatable bonds is 8. The third-order valence-electron chi connectivity index (χ3n) is 4.12. The van der Waals surface area contributed by atoms with E-state index in [1.807, 2.05) is 32.9 Å². The summed E-state index contributed by atoms with van der Waals surface area (Å²) in [5, 5.41) is 2.86. The van der Waals surface area contributed by atoms with E-state index in [1.54, 1.807) is 13.0 Å². The highest BCUT2D eigenvalue weighted by molar-refractivity contribution is 9.10. The second-order valence-electron chi connectivity index (χ2n) is 6.58. The fourth-order valence-electron chi connectivity index (χ4n) is 2.70. The molecule has 0 aliphatic carbocycles. The molecule has 0 bridgehead atoms. The Labute approximate surface area is 174 Å². The molecule has 152 valence electrons. The van der Waals surface area contributed by atoms with E-state index >= 15 is 0 Å². The van der Waals surface area contributed by atoms with Gasteiger partial charge in [-0.15, -0.1) is 0 Å². The van der Waals surface area contributed by atoms with Crippen LogP contribution in [-0.4, -0.2) is 27.5 Å². The van der Waals surface area contributed by atoms with Crippen LogP contribution >= 0.6 is 15.9 Å². The number of nitrogens with one attached hydrogen (secondary N) is 2. The van der Waals surface area contributed by atoms with E-state index in [2.05, 4.69) is 26.0 Å². The van der Waals surface area contributed by atoms with E-state index < -0.39 is 10.0 Å². The van der Waals surface area contributed by atoms with Crippen molar-refractivity contribution in [3.05, 3.63) is 51.5 Å². The molecular weight excluding hydrogens is 444 g/mol. The summed E-state index contributed by atoms with van der Waals surface area (Å²) < 4.78 is 33.5. The molecule has 2 N–H and O–H groups in total. The number of aryl methyl sites for hydroxylation is 3. The van der Waals surface area contributed by atoms with E-state index in [0.29, 0.717) is 24.3 Å². The van der Waals surface area contributed by atoms with Crippen LogP contribution in [0.25, 0.3) is 0 Å². The highest BCUT2D eigenvalue weighted by Crippen LogP contribution is 2.25. The topological polar surface area (TPSA) is 84.5 Å². The Hall–Kier alpha value is -1.90. The lowest BCUT2D eigenvalue weighted by molar-refractivity contribution is -0.118. The van der Waals surface area contributed by atoms with Crippen LogP contribution in [0.1, 0.15) is 30.0 Å². The van der Waals surface area contributed by atoms with Gasteiger partial charge in [-0.3, -0.25) is 4.79 Å². The van der Waals surface area contributed by atoms with Gasteiger partial charge in [0.2, 0.25) is 10.0 Å². The Morgan fingerprint density at radius 3 is 2.29 bits per heavy atom. The van der Waals surface area contributed by atoms with Crippen molar-refractivity contribution in [2.24, 2.45) is 0 Å². The summed E-state index contributed by atoms with van der Waals surface area (Å²) in [6.45, 7) is 7.70. The molecule has 0 saturated carbocycles. The lowest BCUT2D eigenvalue weighted by Crippen LogP contribution is -2.24. The van der Waals surface area contributed by atoms with Gasteiger partial charge < -0.3 is 10.1 Å². The molecule has 0 fully saturated rings. The molecule has 0 unspecified atom stereocenters. The number of halogens is 1. The predicted molar refractivity (Wildman–Crippen MR) is 114 cm³/mol. The van der Waals surface area contributed by atoms with Crippen LogP contribution < -0.4 is 14.8 Å². The molecule has 0 saturated heterocycles. The van der Waals surface area contributed by atoms with Gasteiger partial charge in [0.05, 0.1) is 4.90 Å². The number of sulfonamides is 1. The minimum Gasteiger partial charge on any atom is -0.483 e. The maximum Gasteiger partial charge on any atom is 0.262 e. The molecule has 6 nitrogen and oxygen atoms in total. The van der Waals surface area contributed by atoms with Crippen molar-refractivity contribution < 1.29 is 17.9 Å². The van der Waals surface area contributed by atoms with Crippen LogP contribution in [0.2, 0.25) is 0 Å². The second-order valence-corrected chi connectivity index (χ2v) is 9.26. The highest BCUT2D eigenvalue weighted by atomic mass is 79.9. The quantitative estimate of drug-likeness (QED) is 0.610. The van der Waals surface area contributed by atoms with Gasteiger partial charge in [-0.05, 0) is 74.2 Å². The zero-order valence-electron chi connectivity index (χ0n) is 16.4. The largest absolute Gasteiger partial charge is 0.483 e. The van der Waals surface area contributed by atoms with Crippen molar-refractivity contribution in [2.75, 3.05) is 18.5 Å². The van der Waals surface area contributed by atoms with Crippen LogP contribution in [0.3, 0.4) is 0 Å². The molecular formula is C20H25BrN2O4S. The van der Waals surface area contributed by atoms with Gasteiger partial charge in [0.1, 0.15) is 5.75 Å². The number of carbonyl (C=O) groups is 1. The Bertz CT molecular complexity index is 951. The van der Waals surface area contributed by atoms with Crippen LogP contribution in [-0.2, 0) is 14.8 Å². The number of hydrogen-bond acceptors (Lipinski definition) is 4. The van der Waals surface area contributed by atoms with Gasteiger partial charge in [-0.25, -0.2) is 13.1 Å². The summed E-state index contributed by atoms with van der Waals surface area (Å²) in [4.78, 5) is 12.5. The number of amides is 1. The Morgan fingerprint density at radius 1 is 1.07 bits per heavy atom. The Balaban J connectivity index is 2.04. The average molecular weight is 469 g/mol. The van der Waals surface area contributed by atoms with Crippen molar-refractivity contribution in [3.63, 3.8) is 0 Å². The summed E-state index contributed by atoms with van der Waals surface area (Å²) in [5.74, 6) is 0.183. The Morgan fingerprint density at radius 2 is 1.71 bits per heavy atom. The van der Waals surface area contributed by atoms with Crippen LogP contribution in [0.15, 0.2) is 39.7 Å². The first-order valence-electron chi connectivity index (χ1n) is 8.93. The maximum atomic E-state index is 12.3. The first kappa shape index (κ1) is 22.4. The normalized spacial score (nSPS) is 11.3. The zero-order valence-corrected chi connectivity index (χ0v) is 18.8. The van der Waals surface area contributed by atoms with Gasteiger partial charge in [0, 0.05) is 16.7 Å². The molecule has 0 spiro atoms. The number of ether oxygens (including phenoxy) is 1. The first-order valence-corrected chi connectivity index (χ1v) is 11.2. The van der Waals surface area contributed by atoms with E-state index in [4.69, 9.17) is 4.74 Å². The van der Waals surface area contributed by atoms with Gasteiger partial charge in [-0.2, -0.15) is 0 Å². The van der Waals surface area contributed by atoms with Crippen molar-refractivity contribution in [3.8, 4) is 5.75 Å². The standard InChI is InChI=1S/C20H25BrN2O4S/c1-5-8-22-28(25,26)17-6-7-18(13(2)11-17)27-12-19(24)23-20-14(3)9-16(21)10-15(20)4/h6-7,9-11,22H,5,8,12H2,1-4H3,(H,23,24). The van der Waals surface area contributed by atoms with E-state index in [9.17, 15) is 13.2 Å².